The van der Waals surface area contributed by atoms with Crippen LogP contribution < -0.4 is 5.73 Å². The van der Waals surface area contributed by atoms with Crippen LogP contribution in [0.1, 0.15) is 11.3 Å². The van der Waals surface area contributed by atoms with Gasteiger partial charge in [-0.25, -0.2) is 0 Å². The zero-order chi connectivity index (χ0) is 10.7. The van der Waals surface area contributed by atoms with Crippen molar-refractivity contribution in [2.75, 3.05) is 26.8 Å². The van der Waals surface area contributed by atoms with Crippen LogP contribution in [0.25, 0.3) is 0 Å². The molecule has 15 heavy (non-hydrogen) atoms. The highest BCUT2D eigenvalue weighted by Gasteiger charge is 2.37. The summed E-state index contributed by atoms with van der Waals surface area (Å²) in [6.45, 7) is 3.25. The fourth-order valence-electron chi connectivity index (χ4n) is 2.02. The molecule has 1 aliphatic rings. The standard InChI is InChI=1S/C11H18N2OS/c1-13(7-10-3-2-6-15-10)11(8-12)4-5-14-9-11/h2-3,6H,4-5,7-9,12H2,1H3. The van der Waals surface area contributed by atoms with Gasteiger partial charge >= 0.3 is 0 Å². The molecule has 1 saturated heterocycles. The summed E-state index contributed by atoms with van der Waals surface area (Å²) >= 11 is 1.80. The summed E-state index contributed by atoms with van der Waals surface area (Å²) in [5, 5.41) is 2.11. The van der Waals surface area contributed by atoms with E-state index in [0.29, 0.717) is 6.54 Å². The first kappa shape index (κ1) is 11.1. The van der Waals surface area contributed by atoms with E-state index in [0.717, 1.165) is 26.2 Å². The Bertz CT molecular complexity index is 294. The number of rotatable bonds is 4. The summed E-state index contributed by atoms with van der Waals surface area (Å²) in [6, 6.07) is 4.26. The molecule has 0 amide bonds. The van der Waals surface area contributed by atoms with E-state index < -0.39 is 0 Å². The molecule has 2 heterocycles. The molecule has 84 valence electrons. The predicted molar refractivity (Wildman–Crippen MR) is 63.0 cm³/mol. The smallest absolute Gasteiger partial charge is 0.0663 e. The number of ether oxygens (including phenoxy) is 1. The number of nitrogens with zero attached hydrogens (tertiary/aromatic N) is 1. The van der Waals surface area contributed by atoms with Gasteiger partial charge in [-0.05, 0) is 24.9 Å². The van der Waals surface area contributed by atoms with E-state index in [9.17, 15) is 0 Å². The van der Waals surface area contributed by atoms with Gasteiger partial charge < -0.3 is 10.5 Å². The van der Waals surface area contributed by atoms with Gasteiger partial charge in [-0.15, -0.1) is 11.3 Å². The second kappa shape index (κ2) is 4.61. The fourth-order valence-corrected chi connectivity index (χ4v) is 2.78. The van der Waals surface area contributed by atoms with E-state index in [2.05, 4.69) is 29.5 Å². The molecule has 2 rings (SSSR count). The first-order valence-electron chi connectivity index (χ1n) is 5.28. The molecule has 0 aliphatic carbocycles. The summed E-state index contributed by atoms with van der Waals surface area (Å²) in [6.07, 6.45) is 1.05. The monoisotopic (exact) mass is 226 g/mol. The molecule has 0 aromatic carbocycles. The quantitative estimate of drug-likeness (QED) is 0.841. The number of thiophene rings is 1. The van der Waals surface area contributed by atoms with E-state index in [1.165, 1.54) is 4.88 Å². The van der Waals surface area contributed by atoms with Gasteiger partial charge in [0.1, 0.15) is 0 Å². The average molecular weight is 226 g/mol. The Kier molecular flexibility index (Phi) is 3.41. The van der Waals surface area contributed by atoms with Crippen LogP contribution in [0.2, 0.25) is 0 Å². The van der Waals surface area contributed by atoms with Crippen LogP contribution >= 0.6 is 11.3 Å². The molecule has 4 heteroatoms. The molecule has 2 N–H and O–H groups in total. The van der Waals surface area contributed by atoms with Crippen molar-refractivity contribution in [3.63, 3.8) is 0 Å². The Balaban J connectivity index is 2.02. The number of nitrogens with two attached hydrogens (primary N) is 1. The number of likely N-dealkylation sites (N-methyl/N-ethyl adjacent to an activating group) is 1. The summed E-state index contributed by atoms with van der Waals surface area (Å²) in [7, 11) is 2.14. The van der Waals surface area contributed by atoms with Crippen molar-refractivity contribution in [2.24, 2.45) is 5.73 Å². The van der Waals surface area contributed by atoms with Crippen molar-refractivity contribution in [1.82, 2.24) is 4.90 Å². The van der Waals surface area contributed by atoms with Crippen molar-refractivity contribution in [1.29, 1.82) is 0 Å². The van der Waals surface area contributed by atoms with Gasteiger partial charge in [0.15, 0.2) is 0 Å². The van der Waals surface area contributed by atoms with Crippen molar-refractivity contribution in [2.45, 2.75) is 18.5 Å². The van der Waals surface area contributed by atoms with Gasteiger partial charge in [0.25, 0.3) is 0 Å². The van der Waals surface area contributed by atoms with Gasteiger partial charge in [0.2, 0.25) is 0 Å². The maximum absolute atomic E-state index is 5.88. The molecule has 1 aromatic rings. The van der Waals surface area contributed by atoms with Gasteiger partial charge in [0.05, 0.1) is 12.1 Å². The van der Waals surface area contributed by atoms with Crippen LogP contribution in [-0.2, 0) is 11.3 Å². The van der Waals surface area contributed by atoms with Crippen molar-refractivity contribution in [3.05, 3.63) is 22.4 Å². The Morgan fingerprint density at radius 3 is 3.07 bits per heavy atom. The largest absolute Gasteiger partial charge is 0.379 e. The highest BCUT2D eigenvalue weighted by molar-refractivity contribution is 7.09. The number of hydrogen-bond donors (Lipinski definition) is 1. The third-order valence-corrected chi connectivity index (χ3v) is 4.11. The molecule has 1 fully saturated rings. The highest BCUT2D eigenvalue weighted by Crippen LogP contribution is 2.26. The van der Waals surface area contributed by atoms with Crippen LogP contribution in [0.4, 0.5) is 0 Å². The first-order chi connectivity index (χ1) is 7.27. The zero-order valence-electron chi connectivity index (χ0n) is 9.11. The van der Waals surface area contributed by atoms with Crippen LogP contribution in [0.3, 0.4) is 0 Å². The fraction of sp³-hybridized carbons (Fsp3) is 0.636. The van der Waals surface area contributed by atoms with Gasteiger partial charge in [-0.3, -0.25) is 4.90 Å². The van der Waals surface area contributed by atoms with Crippen molar-refractivity contribution in [3.8, 4) is 0 Å². The summed E-state index contributed by atoms with van der Waals surface area (Å²) < 4.78 is 5.47. The van der Waals surface area contributed by atoms with Crippen LogP contribution in [0.15, 0.2) is 17.5 Å². The van der Waals surface area contributed by atoms with Crippen LogP contribution in [0.5, 0.6) is 0 Å². The Morgan fingerprint density at radius 2 is 2.53 bits per heavy atom. The minimum Gasteiger partial charge on any atom is -0.379 e. The molecular weight excluding hydrogens is 208 g/mol. The molecule has 1 atom stereocenters. The molecule has 0 saturated carbocycles. The third kappa shape index (κ3) is 2.23. The maximum atomic E-state index is 5.88. The molecule has 1 unspecified atom stereocenters. The minimum absolute atomic E-state index is 0.0595. The Labute approximate surface area is 94.8 Å². The Morgan fingerprint density at radius 1 is 1.67 bits per heavy atom. The number of hydrogen-bond acceptors (Lipinski definition) is 4. The van der Waals surface area contributed by atoms with Crippen molar-refractivity contribution >= 4 is 11.3 Å². The Hall–Kier alpha value is -0.420. The molecule has 0 radical (unpaired) electrons. The van der Waals surface area contributed by atoms with E-state index in [4.69, 9.17) is 10.5 Å². The lowest BCUT2D eigenvalue weighted by Crippen LogP contribution is -2.52. The maximum Gasteiger partial charge on any atom is 0.0663 e. The van der Waals surface area contributed by atoms with Gasteiger partial charge in [-0.1, -0.05) is 6.07 Å². The van der Waals surface area contributed by atoms with Crippen molar-refractivity contribution < 1.29 is 4.74 Å². The topological polar surface area (TPSA) is 38.5 Å². The second-order valence-corrected chi connectivity index (χ2v) is 5.20. The van der Waals surface area contributed by atoms with E-state index >= 15 is 0 Å². The normalized spacial score (nSPS) is 26.3. The van der Waals surface area contributed by atoms with E-state index in [1.807, 2.05) is 0 Å². The third-order valence-electron chi connectivity index (χ3n) is 3.25. The zero-order valence-corrected chi connectivity index (χ0v) is 9.93. The van der Waals surface area contributed by atoms with Gasteiger partial charge in [0, 0.05) is 24.6 Å². The van der Waals surface area contributed by atoms with E-state index in [-0.39, 0.29) is 5.54 Å². The molecule has 0 bridgehead atoms. The minimum atomic E-state index is 0.0595. The lowest BCUT2D eigenvalue weighted by atomic mass is 9.97. The second-order valence-electron chi connectivity index (χ2n) is 4.17. The predicted octanol–water partition coefficient (Wildman–Crippen LogP) is 1.30. The summed E-state index contributed by atoms with van der Waals surface area (Å²) in [5.41, 5.74) is 5.94. The molecule has 1 aliphatic heterocycles. The first-order valence-corrected chi connectivity index (χ1v) is 6.16. The molecule has 0 spiro atoms. The highest BCUT2D eigenvalue weighted by atomic mass is 32.1. The van der Waals surface area contributed by atoms with Crippen LogP contribution in [0, 0.1) is 0 Å². The van der Waals surface area contributed by atoms with E-state index in [1.54, 1.807) is 11.3 Å². The lowest BCUT2D eigenvalue weighted by molar-refractivity contribution is 0.0890. The molecular formula is C11H18N2OS. The lowest BCUT2D eigenvalue weighted by Gasteiger charge is -2.36. The summed E-state index contributed by atoms with van der Waals surface area (Å²) in [4.78, 5) is 3.73. The average Bonchev–Trinajstić information content (AvgIpc) is 2.87. The molecule has 1 aromatic heterocycles. The van der Waals surface area contributed by atoms with Crippen LogP contribution in [-0.4, -0.2) is 37.2 Å². The van der Waals surface area contributed by atoms with Gasteiger partial charge in [-0.2, -0.15) is 0 Å². The summed E-state index contributed by atoms with van der Waals surface area (Å²) in [5.74, 6) is 0. The molecule has 3 nitrogen and oxygen atoms in total. The SMILES string of the molecule is CN(Cc1cccs1)C1(CN)CCOC1.